The summed E-state index contributed by atoms with van der Waals surface area (Å²) in [6.07, 6.45) is 0. The fourth-order valence-corrected chi connectivity index (χ4v) is 3.51. The minimum absolute atomic E-state index is 0.235. The van der Waals surface area contributed by atoms with E-state index in [0.717, 1.165) is 25.9 Å². The number of aromatic nitrogens is 1. The van der Waals surface area contributed by atoms with E-state index < -0.39 is 0 Å². The number of rotatable bonds is 3. The average Bonchev–Trinajstić information content (AvgIpc) is 3.13. The van der Waals surface area contributed by atoms with Gasteiger partial charge in [0.1, 0.15) is 5.52 Å². The third-order valence-electron chi connectivity index (χ3n) is 4.03. The number of nitrogens with one attached hydrogen (secondary N) is 2. The number of carbonyl (C=O) groups excluding carboxylic acids is 1. The zero-order valence-corrected chi connectivity index (χ0v) is 17.5. The molecule has 0 unspecified atom stereocenters. The maximum atomic E-state index is 12.3. The van der Waals surface area contributed by atoms with Crippen LogP contribution in [0.25, 0.3) is 22.6 Å². The number of para-hydroxylation sites is 2. The quantitative estimate of drug-likeness (QED) is 0.299. The molecule has 138 valence electrons. The van der Waals surface area contributed by atoms with Crippen LogP contribution in [-0.2, 0) is 0 Å². The molecule has 7 heteroatoms. The summed E-state index contributed by atoms with van der Waals surface area (Å²) in [5.74, 6) is 0.313. The van der Waals surface area contributed by atoms with Crippen LogP contribution in [0.5, 0.6) is 0 Å². The lowest BCUT2D eigenvalue weighted by Crippen LogP contribution is -2.34. The monoisotopic (exact) mass is 499 g/mol. The van der Waals surface area contributed by atoms with Crippen molar-refractivity contribution < 1.29 is 9.21 Å². The molecule has 1 aromatic heterocycles. The Bertz CT molecular complexity index is 1140. The molecule has 4 aromatic rings. The summed E-state index contributed by atoms with van der Waals surface area (Å²) in [4.78, 5) is 16.8. The van der Waals surface area contributed by atoms with Crippen LogP contribution in [0.15, 0.2) is 77.2 Å². The molecule has 0 fully saturated rings. The Morgan fingerprint density at radius 1 is 0.964 bits per heavy atom. The number of fused-ring (bicyclic) bond motifs is 1. The van der Waals surface area contributed by atoms with E-state index in [-0.39, 0.29) is 11.0 Å². The summed E-state index contributed by atoms with van der Waals surface area (Å²) in [6.45, 7) is 0. The highest BCUT2D eigenvalue weighted by Gasteiger charge is 2.11. The van der Waals surface area contributed by atoms with Crippen molar-refractivity contribution in [3.8, 4) is 11.5 Å². The Labute approximate surface area is 180 Å². The van der Waals surface area contributed by atoms with Crippen molar-refractivity contribution >= 4 is 62.6 Å². The van der Waals surface area contributed by atoms with Gasteiger partial charge in [0.2, 0.25) is 5.89 Å². The topological polar surface area (TPSA) is 67.2 Å². The second-order valence-electron chi connectivity index (χ2n) is 5.95. The predicted octanol–water partition coefficient (Wildman–Crippen LogP) is 5.23. The van der Waals surface area contributed by atoms with E-state index in [0.29, 0.717) is 11.5 Å². The highest BCUT2D eigenvalue weighted by Crippen LogP contribution is 2.25. The molecule has 0 aliphatic carbocycles. The summed E-state index contributed by atoms with van der Waals surface area (Å²) in [5.41, 5.74) is 3.76. The van der Waals surface area contributed by atoms with Crippen LogP contribution in [0.4, 0.5) is 5.69 Å². The second-order valence-corrected chi connectivity index (χ2v) is 7.52. The van der Waals surface area contributed by atoms with Gasteiger partial charge in [-0.3, -0.25) is 10.1 Å². The van der Waals surface area contributed by atoms with Crippen LogP contribution in [0.1, 0.15) is 10.4 Å². The van der Waals surface area contributed by atoms with Crippen LogP contribution in [0.3, 0.4) is 0 Å². The normalized spacial score (nSPS) is 10.6. The standard InChI is InChI=1S/C21H14IN3O2S/c22-16-6-2-1-5-15(16)19(26)25-21(28)23-14-11-9-13(10-12-14)20-24-17-7-3-4-8-18(17)27-20/h1-12H,(H2,23,25,26,28). The molecule has 0 saturated heterocycles. The summed E-state index contributed by atoms with van der Waals surface area (Å²) >= 11 is 7.37. The molecule has 0 spiro atoms. The molecule has 2 N–H and O–H groups in total. The number of nitrogens with zero attached hydrogens (tertiary/aromatic N) is 1. The van der Waals surface area contributed by atoms with Crippen LogP contribution < -0.4 is 10.6 Å². The number of oxazole rings is 1. The van der Waals surface area contributed by atoms with Crippen molar-refractivity contribution in [2.45, 2.75) is 0 Å². The van der Waals surface area contributed by atoms with Gasteiger partial charge in [-0.15, -0.1) is 0 Å². The molecule has 0 aliphatic heterocycles. The number of halogens is 1. The van der Waals surface area contributed by atoms with Crippen LogP contribution in [0.2, 0.25) is 0 Å². The van der Waals surface area contributed by atoms with Crippen molar-refractivity contribution in [2.75, 3.05) is 5.32 Å². The van der Waals surface area contributed by atoms with Gasteiger partial charge in [0, 0.05) is 14.8 Å². The lowest BCUT2D eigenvalue weighted by molar-refractivity contribution is 0.0977. The van der Waals surface area contributed by atoms with E-state index in [2.05, 4.69) is 38.2 Å². The van der Waals surface area contributed by atoms with Gasteiger partial charge >= 0.3 is 0 Å². The van der Waals surface area contributed by atoms with Gasteiger partial charge in [0.05, 0.1) is 5.56 Å². The van der Waals surface area contributed by atoms with E-state index in [9.17, 15) is 4.79 Å². The Balaban J connectivity index is 1.43. The molecular formula is C21H14IN3O2S. The van der Waals surface area contributed by atoms with Crippen molar-refractivity contribution in [1.29, 1.82) is 0 Å². The molecule has 28 heavy (non-hydrogen) atoms. The predicted molar refractivity (Wildman–Crippen MR) is 122 cm³/mol. The molecule has 3 aromatic carbocycles. The number of hydrogen-bond acceptors (Lipinski definition) is 4. The minimum Gasteiger partial charge on any atom is -0.436 e. The highest BCUT2D eigenvalue weighted by atomic mass is 127. The highest BCUT2D eigenvalue weighted by molar-refractivity contribution is 14.1. The SMILES string of the molecule is O=C(NC(=S)Nc1ccc(-c2nc3ccccc3o2)cc1)c1ccccc1I. The van der Waals surface area contributed by atoms with E-state index in [1.54, 1.807) is 6.07 Å². The zero-order valence-electron chi connectivity index (χ0n) is 14.5. The Morgan fingerprint density at radius 3 is 2.43 bits per heavy atom. The number of thiocarbonyl (C=S) groups is 1. The van der Waals surface area contributed by atoms with Gasteiger partial charge in [-0.25, -0.2) is 4.98 Å². The van der Waals surface area contributed by atoms with Crippen molar-refractivity contribution in [2.24, 2.45) is 0 Å². The van der Waals surface area contributed by atoms with Crippen molar-refractivity contribution in [3.05, 3.63) is 81.9 Å². The lowest BCUT2D eigenvalue weighted by Gasteiger charge is -2.10. The van der Waals surface area contributed by atoms with Gasteiger partial charge < -0.3 is 9.73 Å². The maximum absolute atomic E-state index is 12.3. The summed E-state index contributed by atoms with van der Waals surface area (Å²) in [6, 6.07) is 22.4. The molecule has 1 heterocycles. The molecular weight excluding hydrogens is 485 g/mol. The van der Waals surface area contributed by atoms with Gasteiger partial charge in [-0.05, 0) is 83.3 Å². The Morgan fingerprint density at radius 2 is 1.68 bits per heavy atom. The summed E-state index contributed by atoms with van der Waals surface area (Å²) in [7, 11) is 0. The van der Waals surface area contributed by atoms with Crippen molar-refractivity contribution in [1.82, 2.24) is 10.3 Å². The van der Waals surface area contributed by atoms with Crippen molar-refractivity contribution in [3.63, 3.8) is 0 Å². The Hall–Kier alpha value is -2.78. The average molecular weight is 499 g/mol. The first kappa shape index (κ1) is 18.6. The fraction of sp³-hybridized carbons (Fsp3) is 0. The molecule has 1 amide bonds. The van der Waals surface area contributed by atoms with E-state index >= 15 is 0 Å². The fourth-order valence-electron chi connectivity index (χ4n) is 2.67. The van der Waals surface area contributed by atoms with Gasteiger partial charge in [-0.2, -0.15) is 0 Å². The van der Waals surface area contributed by atoms with E-state index in [4.69, 9.17) is 16.6 Å². The van der Waals surface area contributed by atoms with E-state index in [1.807, 2.05) is 66.7 Å². The smallest absolute Gasteiger partial charge is 0.258 e. The number of benzene rings is 3. The first-order chi connectivity index (χ1) is 13.6. The molecule has 5 nitrogen and oxygen atoms in total. The third kappa shape index (κ3) is 4.05. The first-order valence-electron chi connectivity index (χ1n) is 8.43. The van der Waals surface area contributed by atoms with Gasteiger partial charge in [-0.1, -0.05) is 24.3 Å². The molecule has 0 atom stereocenters. The maximum Gasteiger partial charge on any atom is 0.258 e. The van der Waals surface area contributed by atoms with Gasteiger partial charge in [0.25, 0.3) is 5.91 Å². The summed E-state index contributed by atoms with van der Waals surface area (Å²) in [5, 5.41) is 5.94. The molecule has 0 saturated carbocycles. The number of hydrogen-bond donors (Lipinski definition) is 2. The minimum atomic E-state index is -0.245. The second kappa shape index (κ2) is 8.07. The van der Waals surface area contributed by atoms with E-state index in [1.165, 1.54) is 0 Å². The van der Waals surface area contributed by atoms with Crippen LogP contribution in [-0.4, -0.2) is 16.0 Å². The molecule has 0 aliphatic rings. The zero-order chi connectivity index (χ0) is 19.5. The largest absolute Gasteiger partial charge is 0.436 e. The van der Waals surface area contributed by atoms with Crippen LogP contribution in [0, 0.1) is 3.57 Å². The molecule has 0 bridgehead atoms. The number of carbonyl (C=O) groups is 1. The molecule has 0 radical (unpaired) electrons. The van der Waals surface area contributed by atoms with Gasteiger partial charge in [0.15, 0.2) is 10.7 Å². The Kier molecular flexibility index (Phi) is 5.36. The molecule has 4 rings (SSSR count). The third-order valence-corrected chi connectivity index (χ3v) is 5.17. The number of anilines is 1. The first-order valence-corrected chi connectivity index (χ1v) is 9.92. The summed E-state index contributed by atoms with van der Waals surface area (Å²) < 4.78 is 6.64. The number of amides is 1. The lowest BCUT2D eigenvalue weighted by atomic mass is 10.2. The van der Waals surface area contributed by atoms with Crippen LogP contribution >= 0.6 is 34.8 Å².